The first kappa shape index (κ1) is 49.7. The van der Waals surface area contributed by atoms with Crippen LogP contribution in [0.1, 0.15) is 105 Å². The van der Waals surface area contributed by atoms with Gasteiger partial charge in [0.15, 0.2) is 11.9 Å². The van der Waals surface area contributed by atoms with Crippen LogP contribution in [-0.4, -0.2) is 131 Å². The molecule has 15 nitrogen and oxygen atoms in total. The van der Waals surface area contributed by atoms with Gasteiger partial charge in [0.1, 0.15) is 28.6 Å². The summed E-state index contributed by atoms with van der Waals surface area (Å²) in [5.41, 5.74) is 1.54. The molecule has 0 amide bonds. The molecule has 1 spiro atoms. The summed E-state index contributed by atoms with van der Waals surface area (Å²) in [6, 6.07) is 6.21. The number of benzene rings is 2. The van der Waals surface area contributed by atoms with Crippen molar-refractivity contribution in [1.29, 1.82) is 0 Å². The van der Waals surface area contributed by atoms with Gasteiger partial charge in [-0.25, -0.2) is 4.79 Å². The molecule has 2 aromatic carbocycles. The molecular formula is C56H70N2O13. The first-order valence-corrected chi connectivity index (χ1v) is 26.1. The van der Waals surface area contributed by atoms with Gasteiger partial charge < -0.3 is 59.1 Å². The number of fused-ring (bicyclic) bond motifs is 11. The maximum atomic E-state index is 14.7. The Morgan fingerprint density at radius 2 is 1.87 bits per heavy atom. The highest BCUT2D eigenvalue weighted by atomic mass is 16.6. The highest BCUT2D eigenvalue weighted by molar-refractivity contribution is 6.11. The van der Waals surface area contributed by atoms with E-state index in [0.29, 0.717) is 67.3 Å². The van der Waals surface area contributed by atoms with Gasteiger partial charge in [-0.2, -0.15) is 0 Å². The number of aromatic nitrogens is 1. The van der Waals surface area contributed by atoms with E-state index in [4.69, 9.17) is 23.7 Å². The molecule has 5 heterocycles. The normalized spacial score (nSPS) is 31.2. The number of aldehydes is 1. The monoisotopic (exact) mass is 978 g/mol. The number of nitrogens with one attached hydrogen (secondary N) is 1. The molecule has 7 aliphatic rings. The van der Waals surface area contributed by atoms with Crippen LogP contribution in [0.4, 0.5) is 0 Å². The number of aliphatic hydroxyl groups is 5. The standard InChI is InChI=1S/C56H70N2O13/c1-4-46-37-9-10-43-32(14-19-59)11-15-55(56(43,66)44(37)13-18-58(46)17-6-20-67-3)25-40-50(71-55)42(29-63)52-48-47(41(28-62)53(70-52)54(65)68-5-2)35-21-36(27-61)49(64)39(23-35)38-22-34-12-16-57-45(34)24-33(38)8-7-31(26-60)30-69-51(40)48/h11-12,15-16,22,24,28,31-32,36-37,39,43-44,46,57,59-61,63,66H,4-10,13-14,17-21,23,25-27,29-30H2,1-3H3/t31-,32-,36+,37-,39+,43-,44+,46+,55+,56-/m1/s1. The molecule has 4 aliphatic heterocycles. The lowest BCUT2D eigenvalue weighted by Crippen LogP contribution is -2.72. The molecule has 3 aliphatic carbocycles. The van der Waals surface area contributed by atoms with Crippen LogP contribution in [-0.2, 0) is 43.3 Å². The average Bonchev–Trinajstić information content (AvgIpc) is 4.01. The third-order valence-corrected chi connectivity index (χ3v) is 17.6. The number of nitrogens with zero attached hydrogens (tertiary/aromatic N) is 1. The lowest BCUT2D eigenvalue weighted by Gasteiger charge is -2.63. The molecule has 71 heavy (non-hydrogen) atoms. The van der Waals surface area contributed by atoms with Gasteiger partial charge in [0, 0.05) is 86.5 Å². The predicted octanol–water partition coefficient (Wildman–Crippen LogP) is 5.65. The number of hydrogen-bond donors (Lipinski definition) is 6. The van der Waals surface area contributed by atoms with Crippen LogP contribution in [0, 0.1) is 35.5 Å². The second-order valence-electron chi connectivity index (χ2n) is 21.0. The zero-order valence-electron chi connectivity index (χ0n) is 41.3. The van der Waals surface area contributed by atoms with E-state index in [9.17, 15) is 39.9 Å². The lowest BCUT2D eigenvalue weighted by molar-refractivity contribution is -0.232. The Morgan fingerprint density at radius 3 is 2.61 bits per heavy atom. The number of aromatic amines is 1. The van der Waals surface area contributed by atoms with E-state index in [2.05, 4.69) is 22.9 Å². The summed E-state index contributed by atoms with van der Waals surface area (Å²) in [5.74, 6) is -3.42. The number of H-pyrrole nitrogens is 1. The minimum Gasteiger partial charge on any atom is -0.492 e. The molecule has 0 radical (unpaired) electrons. The number of carbonyl (C=O) groups is 3. The molecule has 6 N–H and O–H groups in total. The third kappa shape index (κ3) is 8.09. The number of hydrogen-bond acceptors (Lipinski definition) is 14. The Labute approximate surface area is 414 Å². The number of likely N-dealkylation sites (tertiary alicyclic amines) is 1. The van der Waals surface area contributed by atoms with E-state index in [1.54, 1.807) is 14.0 Å². The van der Waals surface area contributed by atoms with Crippen molar-refractivity contribution in [3.63, 3.8) is 0 Å². The molecule has 15 heteroatoms. The number of allylic oxidation sites excluding steroid dienone is 4. The maximum absolute atomic E-state index is 14.7. The number of aliphatic hydroxyl groups excluding tert-OH is 4. The largest absolute Gasteiger partial charge is 0.492 e. The van der Waals surface area contributed by atoms with E-state index >= 15 is 0 Å². The van der Waals surface area contributed by atoms with Gasteiger partial charge in [-0.05, 0) is 142 Å². The fourth-order valence-corrected chi connectivity index (χ4v) is 14.4. The Morgan fingerprint density at radius 1 is 1.03 bits per heavy atom. The summed E-state index contributed by atoms with van der Waals surface area (Å²) >= 11 is 0. The fourth-order valence-electron chi connectivity index (χ4n) is 14.4. The van der Waals surface area contributed by atoms with Crippen LogP contribution in [0.5, 0.6) is 17.2 Å². The number of ketones is 1. The number of ether oxygens (including phenoxy) is 5. The van der Waals surface area contributed by atoms with Crippen LogP contribution in [0.2, 0.25) is 0 Å². The SMILES string of the molecule is CCOC(=O)C1=C(C=O)C2=C3C[C@@H](CO)C(=O)[C@@H](C3)c3cc4cc[nH]c4cc3CC[C@H](CO)COc3c4c(c(CO)c(c32)O1)O[C@@]1(C=C[C@H](CCO)[C@H]2CC[C@H]3[C@H](CC)N(CCCOC)CC[C@@H]3[C@]21O)C4. The van der Waals surface area contributed by atoms with Gasteiger partial charge in [-0.3, -0.25) is 9.59 Å². The molecule has 10 atom stereocenters. The fraction of sp³-hybridized carbons (Fsp3) is 0.589. The number of rotatable bonds is 13. The maximum Gasteiger partial charge on any atom is 0.375 e. The summed E-state index contributed by atoms with van der Waals surface area (Å²) < 4.78 is 32.1. The van der Waals surface area contributed by atoms with Crippen molar-refractivity contribution in [3.05, 3.63) is 81.3 Å². The average molecular weight is 979 g/mol. The Bertz CT molecular complexity index is 2650. The van der Waals surface area contributed by atoms with E-state index < -0.39 is 53.9 Å². The Balaban J connectivity index is 1.20. The summed E-state index contributed by atoms with van der Waals surface area (Å²) in [4.78, 5) is 48.4. The van der Waals surface area contributed by atoms with Crippen molar-refractivity contribution < 1.29 is 63.6 Å². The highest BCUT2D eigenvalue weighted by Gasteiger charge is 2.69. The molecule has 1 saturated heterocycles. The topological polar surface area (TPSA) is 218 Å². The first-order chi connectivity index (χ1) is 34.5. The zero-order chi connectivity index (χ0) is 49.8. The summed E-state index contributed by atoms with van der Waals surface area (Å²) in [5, 5.41) is 59.2. The number of esters is 1. The van der Waals surface area contributed by atoms with Gasteiger partial charge >= 0.3 is 5.97 Å². The van der Waals surface area contributed by atoms with Crippen LogP contribution < -0.4 is 14.2 Å². The minimum atomic E-state index is -1.46. The van der Waals surface area contributed by atoms with Crippen LogP contribution in [0.15, 0.2) is 53.5 Å². The molecule has 3 fully saturated rings. The molecule has 2 bridgehead atoms. The van der Waals surface area contributed by atoms with Crippen LogP contribution in [0.25, 0.3) is 16.5 Å². The van der Waals surface area contributed by atoms with Crippen molar-refractivity contribution >= 4 is 34.5 Å². The molecule has 382 valence electrons. The molecule has 2 saturated carbocycles. The van der Waals surface area contributed by atoms with E-state index in [1.165, 1.54) is 0 Å². The molecular weight excluding hydrogens is 909 g/mol. The minimum absolute atomic E-state index is 0.0130. The number of piperidine rings is 1. The molecule has 10 rings (SSSR count). The second-order valence-corrected chi connectivity index (χ2v) is 21.0. The second kappa shape index (κ2) is 20.2. The van der Waals surface area contributed by atoms with Gasteiger partial charge in [0.25, 0.3) is 0 Å². The molecule has 1 aromatic heterocycles. The van der Waals surface area contributed by atoms with E-state index in [-0.39, 0.29) is 110 Å². The predicted molar refractivity (Wildman–Crippen MR) is 263 cm³/mol. The highest BCUT2D eigenvalue weighted by Crippen LogP contribution is 2.65. The zero-order valence-corrected chi connectivity index (χ0v) is 41.3. The Kier molecular flexibility index (Phi) is 14.1. The number of Topliss-reactive ketones (excluding diaryl/α,β-unsaturated/α-hetero) is 1. The third-order valence-electron chi connectivity index (χ3n) is 17.6. The van der Waals surface area contributed by atoms with Crippen molar-refractivity contribution in [2.24, 2.45) is 35.5 Å². The summed E-state index contributed by atoms with van der Waals surface area (Å²) in [6.07, 6.45) is 12.3. The molecule has 3 aromatic rings. The summed E-state index contributed by atoms with van der Waals surface area (Å²) in [7, 11) is 1.72. The number of methoxy groups -OCH3 is 1. The van der Waals surface area contributed by atoms with Gasteiger partial charge in [0.05, 0.1) is 43.1 Å². The number of aryl methyl sites for hydroxylation is 1. The van der Waals surface area contributed by atoms with Crippen molar-refractivity contribution in [1.82, 2.24) is 9.88 Å². The summed E-state index contributed by atoms with van der Waals surface area (Å²) in [6.45, 7) is 4.80. The van der Waals surface area contributed by atoms with Crippen LogP contribution >= 0.6 is 0 Å². The smallest absolute Gasteiger partial charge is 0.375 e. The van der Waals surface area contributed by atoms with E-state index in [0.717, 1.165) is 54.4 Å². The molecule has 0 unspecified atom stereocenters. The van der Waals surface area contributed by atoms with Gasteiger partial charge in [-0.15, -0.1) is 0 Å². The van der Waals surface area contributed by atoms with Crippen molar-refractivity contribution in [3.8, 4) is 17.2 Å². The van der Waals surface area contributed by atoms with Gasteiger partial charge in [0.2, 0.25) is 5.76 Å². The van der Waals surface area contributed by atoms with Crippen LogP contribution in [0.3, 0.4) is 0 Å². The quantitative estimate of drug-likeness (QED) is 0.0529. The van der Waals surface area contributed by atoms with Gasteiger partial charge in [-0.1, -0.05) is 18.6 Å². The van der Waals surface area contributed by atoms with Crippen molar-refractivity contribution in [2.45, 2.75) is 114 Å². The number of carbonyl (C=O) groups excluding carboxylic acids is 3. The first-order valence-electron chi connectivity index (χ1n) is 26.1. The van der Waals surface area contributed by atoms with E-state index in [1.807, 2.05) is 30.5 Å². The Hall–Kier alpha value is -4.87. The lowest BCUT2D eigenvalue weighted by atomic mass is 9.49. The van der Waals surface area contributed by atoms with Crippen molar-refractivity contribution in [2.75, 3.05) is 59.8 Å².